The molecule has 0 bridgehead atoms. The molecular formula is C21H22F3O6S-. The Bertz CT molecular complexity index is 981. The zero-order valence-electron chi connectivity index (χ0n) is 16.7. The van der Waals surface area contributed by atoms with Gasteiger partial charge in [0, 0.05) is 5.92 Å². The Morgan fingerprint density at radius 3 is 2.45 bits per heavy atom. The van der Waals surface area contributed by atoms with Crippen molar-refractivity contribution in [3.8, 4) is 17.6 Å². The predicted molar refractivity (Wildman–Crippen MR) is 103 cm³/mol. The molecule has 0 spiro atoms. The van der Waals surface area contributed by atoms with Crippen molar-refractivity contribution in [1.29, 1.82) is 0 Å². The molecule has 1 aromatic rings. The molecule has 10 heteroatoms. The Morgan fingerprint density at radius 1 is 1.19 bits per heavy atom. The van der Waals surface area contributed by atoms with Gasteiger partial charge in [0.25, 0.3) is 0 Å². The van der Waals surface area contributed by atoms with Crippen LogP contribution in [-0.4, -0.2) is 36.9 Å². The van der Waals surface area contributed by atoms with Gasteiger partial charge in [-0.25, -0.2) is 13.2 Å². The van der Waals surface area contributed by atoms with Crippen LogP contribution < -0.4 is 4.74 Å². The number of hydrogen-bond donors (Lipinski definition) is 0. The van der Waals surface area contributed by atoms with Crippen LogP contribution in [0, 0.1) is 17.8 Å². The molecule has 0 heterocycles. The van der Waals surface area contributed by atoms with E-state index < -0.39 is 51.5 Å². The second kappa shape index (κ2) is 9.09. The van der Waals surface area contributed by atoms with E-state index in [-0.39, 0.29) is 11.5 Å². The zero-order chi connectivity index (χ0) is 22.7. The molecule has 0 unspecified atom stereocenters. The summed E-state index contributed by atoms with van der Waals surface area (Å²) >= 11 is 0. The van der Waals surface area contributed by atoms with E-state index in [4.69, 9.17) is 9.47 Å². The minimum atomic E-state index is -4.71. The van der Waals surface area contributed by atoms with Crippen LogP contribution >= 0.6 is 0 Å². The summed E-state index contributed by atoms with van der Waals surface area (Å²) in [6.45, 7) is -0.696. The van der Waals surface area contributed by atoms with Crippen LogP contribution in [0.3, 0.4) is 0 Å². The van der Waals surface area contributed by atoms with Crippen LogP contribution in [0.25, 0.3) is 0 Å². The maximum absolute atomic E-state index is 13.6. The van der Waals surface area contributed by atoms with Gasteiger partial charge in [-0.05, 0) is 56.7 Å². The first-order valence-corrected chi connectivity index (χ1v) is 11.6. The minimum Gasteiger partial charge on any atom is -0.748 e. The number of ether oxygens (including phenoxy) is 2. The number of rotatable bonds is 6. The van der Waals surface area contributed by atoms with Gasteiger partial charge in [0.15, 0.2) is 5.60 Å². The lowest BCUT2D eigenvalue weighted by molar-refractivity contribution is -0.139. The number of alkyl halides is 3. The van der Waals surface area contributed by atoms with Crippen molar-refractivity contribution in [3.63, 3.8) is 0 Å². The maximum atomic E-state index is 13.6. The van der Waals surface area contributed by atoms with Gasteiger partial charge in [-0.3, -0.25) is 0 Å². The second-order valence-electron chi connectivity index (χ2n) is 7.81. The van der Waals surface area contributed by atoms with Crippen LogP contribution in [-0.2, 0) is 21.0 Å². The first-order valence-electron chi connectivity index (χ1n) is 10.0. The molecule has 3 rings (SSSR count). The third-order valence-corrected chi connectivity index (χ3v) is 5.80. The number of benzene rings is 1. The van der Waals surface area contributed by atoms with Crippen molar-refractivity contribution < 1.29 is 40.4 Å². The lowest BCUT2D eigenvalue weighted by atomic mass is 9.84. The fourth-order valence-electron chi connectivity index (χ4n) is 3.33. The molecule has 0 N–H and O–H groups in total. The Labute approximate surface area is 178 Å². The van der Waals surface area contributed by atoms with Crippen molar-refractivity contribution in [3.05, 3.63) is 29.3 Å². The number of carbonyl (C=O) groups excluding carboxylic acids is 1. The van der Waals surface area contributed by atoms with E-state index in [1.54, 1.807) is 0 Å². The minimum absolute atomic E-state index is 0.243. The van der Waals surface area contributed by atoms with Crippen molar-refractivity contribution in [2.24, 2.45) is 5.92 Å². The largest absolute Gasteiger partial charge is 0.748 e. The molecule has 0 saturated heterocycles. The van der Waals surface area contributed by atoms with Crippen LogP contribution in [0.15, 0.2) is 18.2 Å². The van der Waals surface area contributed by atoms with Crippen molar-refractivity contribution in [2.45, 2.75) is 56.7 Å². The van der Waals surface area contributed by atoms with E-state index in [0.717, 1.165) is 50.3 Å². The molecule has 2 aliphatic carbocycles. The van der Waals surface area contributed by atoms with E-state index >= 15 is 0 Å². The molecular weight excluding hydrogens is 437 g/mol. The summed E-state index contributed by atoms with van der Waals surface area (Å²) in [6.07, 6.45) is 0.679. The molecule has 6 nitrogen and oxygen atoms in total. The van der Waals surface area contributed by atoms with Gasteiger partial charge in [0.2, 0.25) is 0 Å². The van der Waals surface area contributed by atoms with E-state index in [1.807, 2.05) is 0 Å². The summed E-state index contributed by atoms with van der Waals surface area (Å²) in [5.41, 5.74) is -2.34. The van der Waals surface area contributed by atoms with Gasteiger partial charge < -0.3 is 14.0 Å². The van der Waals surface area contributed by atoms with Gasteiger partial charge in [-0.2, -0.15) is 13.2 Å². The average Bonchev–Trinajstić information content (AvgIpc) is 3.50. The zero-order valence-corrected chi connectivity index (χ0v) is 17.5. The molecule has 0 amide bonds. The Balaban J connectivity index is 1.88. The summed E-state index contributed by atoms with van der Waals surface area (Å²) in [4.78, 5) is 12.2. The third kappa shape index (κ3) is 6.87. The third-order valence-electron chi connectivity index (χ3n) is 5.14. The number of carbonyl (C=O) groups is 1. The van der Waals surface area contributed by atoms with Crippen LogP contribution in [0.2, 0.25) is 0 Å². The standard InChI is InChI=1S/C21H23F3O6S/c22-21(23,24)17-7-6-16(19(25)29-12-13-31(26,27)28)14-18(17)30-20(9-2-1-3-10-20)11-8-15-4-5-15/h6-7,14-15H,1-5,9-10,12-13H2,(H,26,27,28)/p-1. The van der Waals surface area contributed by atoms with E-state index in [2.05, 4.69) is 11.8 Å². The van der Waals surface area contributed by atoms with Gasteiger partial charge in [-0.15, -0.1) is 0 Å². The normalized spacial score (nSPS) is 18.6. The molecule has 31 heavy (non-hydrogen) atoms. The quantitative estimate of drug-likeness (QED) is 0.364. The maximum Gasteiger partial charge on any atom is 0.419 e. The van der Waals surface area contributed by atoms with E-state index in [1.165, 1.54) is 0 Å². The smallest absolute Gasteiger partial charge is 0.419 e. The Morgan fingerprint density at radius 2 is 1.87 bits per heavy atom. The summed E-state index contributed by atoms with van der Waals surface area (Å²) in [6, 6.07) is 2.58. The monoisotopic (exact) mass is 459 g/mol. The summed E-state index contributed by atoms with van der Waals surface area (Å²) in [7, 11) is -4.59. The Kier molecular flexibility index (Phi) is 6.86. The molecule has 2 saturated carbocycles. The van der Waals surface area contributed by atoms with Crippen LogP contribution in [0.5, 0.6) is 5.75 Å². The summed E-state index contributed by atoms with van der Waals surface area (Å²) in [5.74, 6) is 3.91. The predicted octanol–water partition coefficient (Wildman–Crippen LogP) is 3.90. The first kappa shape index (κ1) is 23.4. The lowest BCUT2D eigenvalue weighted by Crippen LogP contribution is -2.37. The molecule has 1 aromatic carbocycles. The topological polar surface area (TPSA) is 92.7 Å². The van der Waals surface area contributed by atoms with Crippen molar-refractivity contribution >= 4 is 16.1 Å². The SMILES string of the molecule is O=C(OCCS(=O)(=O)[O-])c1ccc(C(F)(F)F)c(OC2(C#CC3CC3)CCCCC2)c1. The highest BCUT2D eigenvalue weighted by Crippen LogP contribution is 2.41. The fourth-order valence-corrected chi connectivity index (χ4v) is 3.62. The second-order valence-corrected chi connectivity index (χ2v) is 9.33. The number of halogens is 3. The highest BCUT2D eigenvalue weighted by atomic mass is 32.2. The highest BCUT2D eigenvalue weighted by molar-refractivity contribution is 7.85. The van der Waals surface area contributed by atoms with Gasteiger partial charge >= 0.3 is 12.1 Å². The van der Waals surface area contributed by atoms with E-state index in [9.17, 15) is 30.9 Å². The number of esters is 1. The Hall–Kier alpha value is -2.25. The lowest BCUT2D eigenvalue weighted by Gasteiger charge is -2.34. The summed E-state index contributed by atoms with van der Waals surface area (Å²) < 4.78 is 83.2. The molecule has 0 aromatic heterocycles. The van der Waals surface area contributed by atoms with Crippen molar-refractivity contribution in [2.75, 3.05) is 12.4 Å². The molecule has 0 atom stereocenters. The van der Waals surface area contributed by atoms with Gasteiger partial charge in [-0.1, -0.05) is 18.3 Å². The highest BCUT2D eigenvalue weighted by Gasteiger charge is 2.39. The molecule has 0 aliphatic heterocycles. The molecule has 0 radical (unpaired) electrons. The van der Waals surface area contributed by atoms with Crippen LogP contribution in [0.4, 0.5) is 13.2 Å². The average molecular weight is 459 g/mol. The summed E-state index contributed by atoms with van der Waals surface area (Å²) in [5, 5.41) is 0. The number of hydrogen-bond acceptors (Lipinski definition) is 6. The van der Waals surface area contributed by atoms with Gasteiger partial charge in [0.1, 0.15) is 12.4 Å². The van der Waals surface area contributed by atoms with Crippen molar-refractivity contribution in [1.82, 2.24) is 0 Å². The molecule has 2 aliphatic rings. The van der Waals surface area contributed by atoms with Crippen LogP contribution in [0.1, 0.15) is 60.9 Å². The fraction of sp³-hybridized carbons (Fsp3) is 0.571. The molecule has 2 fully saturated rings. The molecule has 170 valence electrons. The van der Waals surface area contributed by atoms with E-state index in [0.29, 0.717) is 12.8 Å². The first-order chi connectivity index (χ1) is 14.5. The van der Waals surface area contributed by atoms with Gasteiger partial charge in [0.05, 0.1) is 27.0 Å².